The zero-order valence-electron chi connectivity index (χ0n) is 9.54. The van der Waals surface area contributed by atoms with Gasteiger partial charge in [-0.3, -0.25) is 0 Å². The van der Waals surface area contributed by atoms with Crippen LogP contribution in [0.1, 0.15) is 6.92 Å². The second-order valence-corrected chi connectivity index (χ2v) is 5.08. The summed E-state index contributed by atoms with van der Waals surface area (Å²) in [6, 6.07) is 6.08. The molecule has 96 valence electrons. The van der Waals surface area contributed by atoms with Crippen LogP contribution in [0.2, 0.25) is 0 Å². The van der Waals surface area contributed by atoms with E-state index in [2.05, 4.69) is 0 Å². The van der Waals surface area contributed by atoms with Crippen LogP contribution in [0.5, 0.6) is 5.75 Å². The molecule has 6 nitrogen and oxygen atoms in total. The molecule has 0 unspecified atom stereocenters. The van der Waals surface area contributed by atoms with E-state index in [9.17, 15) is 13.2 Å². The molecule has 2 N–H and O–H groups in total. The summed E-state index contributed by atoms with van der Waals surface area (Å²) in [5, 5.41) is 5.36. The van der Waals surface area contributed by atoms with Crippen molar-refractivity contribution in [2.24, 2.45) is 5.14 Å². The van der Waals surface area contributed by atoms with E-state index in [1.807, 2.05) is 0 Å². The van der Waals surface area contributed by atoms with Crippen LogP contribution in [0, 0.1) is 0 Å². The molecule has 1 aromatic carbocycles. The van der Waals surface area contributed by atoms with Crippen LogP contribution in [0.3, 0.4) is 0 Å². The molecular weight excluding hydrogens is 258 g/mol. The molecule has 0 atom stereocenters. The lowest BCUT2D eigenvalue weighted by Gasteiger charge is -2.06. The largest absolute Gasteiger partial charge is 0.490 e. The van der Waals surface area contributed by atoms with E-state index in [1.165, 1.54) is 6.07 Å². The predicted octanol–water partition coefficient (Wildman–Crippen LogP) is 0.839. The summed E-state index contributed by atoms with van der Waals surface area (Å²) >= 11 is 0. The average molecular weight is 269 g/mol. The Hall–Kier alpha value is -1.86. The minimum absolute atomic E-state index is 0.205. The highest BCUT2D eigenvalue weighted by Gasteiger charge is 2.17. The summed E-state index contributed by atoms with van der Waals surface area (Å²) in [4.78, 5) is 11.0. The van der Waals surface area contributed by atoms with Crippen molar-refractivity contribution in [2.75, 3.05) is 6.61 Å². The molecule has 0 aliphatic rings. The van der Waals surface area contributed by atoms with Crippen LogP contribution in [-0.4, -0.2) is 15.0 Å². The summed E-state index contributed by atoms with van der Waals surface area (Å²) < 4.78 is 32.6. The van der Waals surface area contributed by atoms with Gasteiger partial charge in [0.1, 0.15) is 0 Å². The first-order chi connectivity index (χ1) is 8.43. The fourth-order valence-corrected chi connectivity index (χ4v) is 2.13. The molecule has 0 aliphatic carbocycles. The van der Waals surface area contributed by atoms with Gasteiger partial charge in [0.05, 0.1) is 6.61 Å². The van der Waals surface area contributed by atoms with Gasteiger partial charge in [-0.2, -0.15) is 0 Å². The number of hydrogen-bond acceptors (Lipinski definition) is 5. The van der Waals surface area contributed by atoms with Crippen molar-refractivity contribution in [3.8, 4) is 5.75 Å². The van der Waals surface area contributed by atoms with Crippen molar-refractivity contribution in [3.05, 3.63) is 34.7 Å². The summed E-state index contributed by atoms with van der Waals surface area (Å²) in [5.74, 6) is 0.382. The SMILES string of the molecule is CCOc1cccc2cc(S(N)(=O)=O)c(=O)oc12. The third-order valence-corrected chi connectivity index (χ3v) is 3.20. The molecule has 0 saturated heterocycles. The Morgan fingerprint density at radius 1 is 1.39 bits per heavy atom. The molecule has 7 heteroatoms. The van der Waals surface area contributed by atoms with Gasteiger partial charge in [0.25, 0.3) is 0 Å². The molecule has 0 fully saturated rings. The van der Waals surface area contributed by atoms with Gasteiger partial charge in [-0.25, -0.2) is 18.4 Å². The number of nitrogens with two attached hydrogens (primary N) is 1. The quantitative estimate of drug-likeness (QED) is 0.832. The molecule has 2 aromatic rings. The Balaban J connectivity index is 2.80. The summed E-state index contributed by atoms with van der Waals surface area (Å²) in [7, 11) is -4.10. The van der Waals surface area contributed by atoms with Gasteiger partial charge >= 0.3 is 5.63 Å². The van der Waals surface area contributed by atoms with Crippen LogP contribution in [0.4, 0.5) is 0 Å². The van der Waals surface area contributed by atoms with E-state index in [1.54, 1.807) is 25.1 Å². The number of primary sulfonamides is 1. The Bertz CT molecular complexity index is 748. The zero-order valence-corrected chi connectivity index (χ0v) is 10.4. The molecule has 0 radical (unpaired) electrons. The number of hydrogen-bond donors (Lipinski definition) is 1. The predicted molar refractivity (Wildman–Crippen MR) is 65.0 cm³/mol. The van der Waals surface area contributed by atoms with E-state index in [-0.39, 0.29) is 5.58 Å². The van der Waals surface area contributed by atoms with Crippen LogP contribution < -0.4 is 15.5 Å². The van der Waals surface area contributed by atoms with Gasteiger partial charge in [-0.1, -0.05) is 12.1 Å². The molecule has 0 bridgehead atoms. The van der Waals surface area contributed by atoms with Gasteiger partial charge in [0.2, 0.25) is 10.0 Å². The van der Waals surface area contributed by atoms with Gasteiger partial charge in [0, 0.05) is 5.39 Å². The van der Waals surface area contributed by atoms with E-state index >= 15 is 0 Å². The highest BCUT2D eigenvalue weighted by molar-refractivity contribution is 7.89. The topological polar surface area (TPSA) is 99.6 Å². The highest BCUT2D eigenvalue weighted by Crippen LogP contribution is 2.25. The lowest BCUT2D eigenvalue weighted by Crippen LogP contribution is -2.20. The fraction of sp³-hybridized carbons (Fsp3) is 0.182. The van der Waals surface area contributed by atoms with Gasteiger partial charge in [-0.05, 0) is 19.1 Å². The van der Waals surface area contributed by atoms with Crippen molar-refractivity contribution < 1.29 is 17.6 Å². The molecule has 0 aliphatic heterocycles. The standard InChI is InChI=1S/C11H11NO5S/c1-2-16-8-5-3-4-7-6-9(18(12,14)15)11(13)17-10(7)8/h3-6H,2H2,1H3,(H2,12,14,15). The van der Waals surface area contributed by atoms with Crippen molar-refractivity contribution >= 4 is 21.0 Å². The van der Waals surface area contributed by atoms with E-state index in [4.69, 9.17) is 14.3 Å². The van der Waals surface area contributed by atoms with Crippen molar-refractivity contribution in [3.63, 3.8) is 0 Å². The second kappa shape index (κ2) is 4.43. The minimum Gasteiger partial charge on any atom is -0.490 e. The first kappa shape index (κ1) is 12.6. The lowest BCUT2D eigenvalue weighted by molar-refractivity contribution is 0.336. The van der Waals surface area contributed by atoms with Crippen molar-refractivity contribution in [1.29, 1.82) is 0 Å². The van der Waals surface area contributed by atoms with E-state index in [0.717, 1.165) is 0 Å². The molecule has 2 rings (SSSR count). The molecule has 0 saturated carbocycles. The van der Waals surface area contributed by atoms with E-state index < -0.39 is 20.5 Å². The number of ether oxygens (including phenoxy) is 1. The van der Waals surface area contributed by atoms with Crippen LogP contribution in [0.25, 0.3) is 11.0 Å². The normalized spacial score (nSPS) is 11.7. The Labute approximate surface area is 103 Å². The maximum atomic E-state index is 11.6. The Kier molecular flexibility index (Phi) is 3.10. The first-order valence-corrected chi connectivity index (χ1v) is 6.70. The maximum Gasteiger partial charge on any atom is 0.356 e. The smallest absolute Gasteiger partial charge is 0.356 e. The van der Waals surface area contributed by atoms with Crippen LogP contribution in [-0.2, 0) is 10.0 Å². The average Bonchev–Trinajstić information content (AvgIpc) is 2.28. The van der Waals surface area contributed by atoms with Gasteiger partial charge < -0.3 is 9.15 Å². The number of sulfonamides is 1. The number of rotatable bonds is 3. The number of benzene rings is 1. The maximum absolute atomic E-state index is 11.6. The third kappa shape index (κ3) is 2.22. The zero-order chi connectivity index (χ0) is 13.3. The molecule has 0 amide bonds. The molecule has 0 spiro atoms. The molecule has 1 aromatic heterocycles. The molecule has 18 heavy (non-hydrogen) atoms. The van der Waals surface area contributed by atoms with Gasteiger partial charge in [-0.15, -0.1) is 0 Å². The first-order valence-electron chi connectivity index (χ1n) is 5.16. The lowest BCUT2D eigenvalue weighted by atomic mass is 10.2. The highest BCUT2D eigenvalue weighted by atomic mass is 32.2. The summed E-state index contributed by atoms with van der Waals surface area (Å²) in [5.41, 5.74) is -0.797. The summed E-state index contributed by atoms with van der Waals surface area (Å²) in [6.45, 7) is 2.19. The number of para-hydroxylation sites is 1. The summed E-state index contributed by atoms with van der Waals surface area (Å²) in [6.07, 6.45) is 0. The molecule has 1 heterocycles. The van der Waals surface area contributed by atoms with E-state index in [0.29, 0.717) is 17.7 Å². The number of fused-ring (bicyclic) bond motifs is 1. The third-order valence-electron chi connectivity index (χ3n) is 2.30. The van der Waals surface area contributed by atoms with Crippen LogP contribution in [0.15, 0.2) is 38.4 Å². The Morgan fingerprint density at radius 2 is 2.11 bits per heavy atom. The monoisotopic (exact) mass is 269 g/mol. The Morgan fingerprint density at radius 3 is 2.72 bits per heavy atom. The van der Waals surface area contributed by atoms with Crippen molar-refractivity contribution in [2.45, 2.75) is 11.8 Å². The fourth-order valence-electron chi connectivity index (χ4n) is 1.57. The second-order valence-electron chi connectivity index (χ2n) is 3.55. The van der Waals surface area contributed by atoms with Crippen molar-refractivity contribution in [1.82, 2.24) is 0 Å². The molecular formula is C11H11NO5S. The van der Waals surface area contributed by atoms with Crippen LogP contribution >= 0.6 is 0 Å². The minimum atomic E-state index is -4.10. The van der Waals surface area contributed by atoms with Gasteiger partial charge in [0.15, 0.2) is 16.2 Å².